The van der Waals surface area contributed by atoms with E-state index in [1.54, 1.807) is 7.11 Å². The third kappa shape index (κ3) is 6.29. The number of aryl methyl sites for hydroxylation is 1. The fraction of sp³-hybridized carbons (Fsp3) is 0.522. The Bertz CT molecular complexity index is 865. The molecule has 172 valence electrons. The summed E-state index contributed by atoms with van der Waals surface area (Å²) in [5, 5.41) is 4.16. The Labute approximate surface area is 208 Å². The van der Waals surface area contributed by atoms with E-state index < -0.39 is 0 Å². The zero-order valence-electron chi connectivity index (χ0n) is 18.9. The van der Waals surface area contributed by atoms with E-state index in [0.29, 0.717) is 24.8 Å². The lowest BCUT2D eigenvalue weighted by molar-refractivity contribution is 0.0522. The molecule has 1 aromatic heterocycles. The predicted octanol–water partition coefficient (Wildman–Crippen LogP) is 4.45. The molecule has 1 saturated heterocycles. The molecular weight excluding hydrogens is 527 g/mol. The van der Waals surface area contributed by atoms with Crippen LogP contribution >= 0.6 is 35.6 Å². The first-order chi connectivity index (χ1) is 14.5. The van der Waals surface area contributed by atoms with Crippen LogP contribution in [0.15, 0.2) is 41.5 Å². The van der Waals surface area contributed by atoms with Crippen LogP contribution in [0.2, 0.25) is 5.02 Å². The molecule has 3 rings (SSSR count). The molecular formula is C23H34ClIN4O2. The highest BCUT2D eigenvalue weighted by atomic mass is 127. The highest BCUT2D eigenvalue weighted by Gasteiger charge is 2.37. The minimum Gasteiger partial charge on any atom is -0.496 e. The number of hydrogen-bond acceptors (Lipinski definition) is 3. The topological polar surface area (TPSA) is 51.0 Å². The van der Waals surface area contributed by atoms with Gasteiger partial charge in [-0.25, -0.2) is 0 Å². The van der Waals surface area contributed by atoms with Crippen molar-refractivity contribution in [3.8, 4) is 5.75 Å². The average molecular weight is 561 g/mol. The number of aromatic nitrogens is 1. The first-order valence-corrected chi connectivity index (χ1v) is 10.9. The van der Waals surface area contributed by atoms with E-state index >= 15 is 0 Å². The largest absolute Gasteiger partial charge is 0.496 e. The lowest BCUT2D eigenvalue weighted by Crippen LogP contribution is -2.42. The quantitative estimate of drug-likeness (QED) is 0.309. The second-order valence-electron chi connectivity index (χ2n) is 7.87. The van der Waals surface area contributed by atoms with Gasteiger partial charge in [-0.15, -0.1) is 24.0 Å². The maximum Gasteiger partial charge on any atom is 0.194 e. The highest BCUT2D eigenvalue weighted by molar-refractivity contribution is 14.0. The number of ether oxygens (including phenoxy) is 2. The Hall–Kier alpha value is -1.45. The third-order valence-corrected chi connectivity index (χ3v) is 6.10. The van der Waals surface area contributed by atoms with Crippen molar-refractivity contribution in [2.75, 3.05) is 40.5 Å². The van der Waals surface area contributed by atoms with Gasteiger partial charge in [0.15, 0.2) is 5.96 Å². The van der Waals surface area contributed by atoms with Crippen molar-refractivity contribution < 1.29 is 9.47 Å². The van der Waals surface area contributed by atoms with Gasteiger partial charge in [-0.2, -0.15) is 0 Å². The third-order valence-electron chi connectivity index (χ3n) is 5.86. The summed E-state index contributed by atoms with van der Waals surface area (Å²) in [6.07, 6.45) is 3.83. The second kappa shape index (κ2) is 12.0. The molecule has 0 saturated carbocycles. The molecule has 6 nitrogen and oxygen atoms in total. The van der Waals surface area contributed by atoms with Gasteiger partial charge in [0.25, 0.3) is 0 Å². The van der Waals surface area contributed by atoms with Gasteiger partial charge in [0.05, 0.1) is 20.2 Å². The summed E-state index contributed by atoms with van der Waals surface area (Å²) < 4.78 is 13.5. The summed E-state index contributed by atoms with van der Waals surface area (Å²) in [4.78, 5) is 7.24. The van der Waals surface area contributed by atoms with Gasteiger partial charge in [-0.3, -0.25) is 4.99 Å². The number of hydrogen-bond donors (Lipinski definition) is 1. The maximum absolute atomic E-state index is 6.37. The molecule has 1 aliphatic heterocycles. The molecule has 0 radical (unpaired) electrons. The lowest BCUT2D eigenvalue weighted by atomic mass is 9.73. The van der Waals surface area contributed by atoms with Crippen molar-refractivity contribution in [1.82, 2.24) is 14.8 Å². The van der Waals surface area contributed by atoms with Gasteiger partial charge >= 0.3 is 0 Å². The molecule has 1 aromatic carbocycles. The van der Waals surface area contributed by atoms with Gasteiger partial charge in [0.1, 0.15) is 5.75 Å². The summed E-state index contributed by atoms with van der Waals surface area (Å²) in [5.74, 6) is 1.75. The molecule has 2 heterocycles. The van der Waals surface area contributed by atoms with Crippen molar-refractivity contribution >= 4 is 41.5 Å². The SMILES string of the molecule is CCNC(=NCC1(c2cc(Cl)ccc2OC)CCOCC1)N(C)Cc1cccn1C.I. The maximum atomic E-state index is 6.37. The van der Waals surface area contributed by atoms with Crippen LogP contribution in [0.1, 0.15) is 31.0 Å². The molecule has 0 amide bonds. The van der Waals surface area contributed by atoms with Crippen LogP contribution in [0.3, 0.4) is 0 Å². The molecule has 2 aromatic rings. The zero-order valence-corrected chi connectivity index (χ0v) is 21.9. The molecule has 0 bridgehead atoms. The number of halogens is 2. The average Bonchev–Trinajstić information content (AvgIpc) is 3.16. The van der Waals surface area contributed by atoms with Crippen LogP contribution in [0.25, 0.3) is 0 Å². The Morgan fingerprint density at radius 1 is 1.32 bits per heavy atom. The fourth-order valence-electron chi connectivity index (χ4n) is 4.04. The van der Waals surface area contributed by atoms with Crippen molar-refractivity contribution in [1.29, 1.82) is 0 Å². The molecule has 8 heteroatoms. The summed E-state index contributed by atoms with van der Waals surface area (Å²) in [6.45, 7) is 5.75. The molecule has 1 N–H and O–H groups in total. The zero-order chi connectivity index (χ0) is 21.6. The minimum absolute atomic E-state index is 0. The number of benzene rings is 1. The minimum atomic E-state index is -0.166. The number of rotatable bonds is 7. The van der Waals surface area contributed by atoms with Gasteiger partial charge < -0.3 is 24.3 Å². The van der Waals surface area contributed by atoms with E-state index in [2.05, 4.69) is 54.1 Å². The predicted molar refractivity (Wildman–Crippen MR) is 138 cm³/mol. The molecule has 0 atom stereocenters. The first-order valence-electron chi connectivity index (χ1n) is 10.5. The summed E-state index contributed by atoms with van der Waals surface area (Å²) in [6, 6.07) is 10.1. The first kappa shape index (κ1) is 25.8. The van der Waals surface area contributed by atoms with E-state index in [1.165, 1.54) is 5.69 Å². The second-order valence-corrected chi connectivity index (χ2v) is 8.31. The van der Waals surface area contributed by atoms with Crippen molar-refractivity contribution in [3.05, 3.63) is 52.8 Å². The van der Waals surface area contributed by atoms with Gasteiger partial charge in [-0.1, -0.05) is 11.6 Å². The molecule has 31 heavy (non-hydrogen) atoms. The molecule has 1 fully saturated rings. The van der Waals surface area contributed by atoms with Crippen LogP contribution < -0.4 is 10.1 Å². The summed E-state index contributed by atoms with van der Waals surface area (Å²) in [7, 11) is 5.85. The van der Waals surface area contributed by atoms with Gasteiger partial charge in [0.2, 0.25) is 0 Å². The van der Waals surface area contributed by atoms with Gasteiger partial charge in [0, 0.05) is 61.7 Å². The highest BCUT2D eigenvalue weighted by Crippen LogP contribution is 2.41. The summed E-state index contributed by atoms with van der Waals surface area (Å²) >= 11 is 6.37. The fourth-order valence-corrected chi connectivity index (χ4v) is 4.22. The van der Waals surface area contributed by atoms with E-state index in [0.717, 1.165) is 43.2 Å². The smallest absolute Gasteiger partial charge is 0.194 e. The number of aliphatic imine (C=N–C) groups is 1. The molecule has 1 aliphatic rings. The van der Waals surface area contributed by atoms with E-state index in [4.69, 9.17) is 26.1 Å². The number of guanidine groups is 1. The van der Waals surface area contributed by atoms with Crippen LogP contribution in [0.4, 0.5) is 0 Å². The van der Waals surface area contributed by atoms with E-state index in [9.17, 15) is 0 Å². The van der Waals surface area contributed by atoms with Crippen molar-refractivity contribution in [3.63, 3.8) is 0 Å². The molecule has 0 unspecified atom stereocenters. The van der Waals surface area contributed by atoms with Crippen LogP contribution in [-0.4, -0.2) is 55.9 Å². The lowest BCUT2D eigenvalue weighted by Gasteiger charge is -2.38. The van der Waals surface area contributed by atoms with Crippen molar-refractivity contribution in [2.45, 2.75) is 31.7 Å². The van der Waals surface area contributed by atoms with Crippen LogP contribution in [-0.2, 0) is 23.7 Å². The molecule has 0 spiro atoms. The number of nitrogens with one attached hydrogen (secondary N) is 1. The monoisotopic (exact) mass is 560 g/mol. The normalized spacial score (nSPS) is 15.8. The summed E-state index contributed by atoms with van der Waals surface area (Å²) in [5.41, 5.74) is 2.19. The number of nitrogens with zero attached hydrogens (tertiary/aromatic N) is 3. The van der Waals surface area contributed by atoms with Crippen molar-refractivity contribution in [2.24, 2.45) is 12.0 Å². The van der Waals surface area contributed by atoms with Gasteiger partial charge in [-0.05, 0) is 50.1 Å². The van der Waals surface area contributed by atoms with Crippen LogP contribution in [0.5, 0.6) is 5.75 Å². The Kier molecular flexibility index (Phi) is 9.96. The van der Waals surface area contributed by atoms with Crippen LogP contribution in [0, 0.1) is 0 Å². The Morgan fingerprint density at radius 3 is 2.68 bits per heavy atom. The molecule has 0 aliphatic carbocycles. The van der Waals surface area contributed by atoms with E-state index in [-0.39, 0.29) is 29.4 Å². The Balaban J connectivity index is 0.00000341. The number of methoxy groups -OCH3 is 1. The Morgan fingerprint density at radius 2 is 2.06 bits per heavy atom. The van der Waals surface area contributed by atoms with E-state index in [1.807, 2.05) is 18.2 Å². The standard InChI is InChI=1S/C23H33ClN4O2.HI/c1-5-25-22(28(3)16-19-7-6-12-27(19)2)26-17-23(10-13-30-14-11-23)20-15-18(24)8-9-21(20)29-4;/h6-9,12,15H,5,10-11,13-14,16-17H2,1-4H3,(H,25,26);1H.